The first-order chi connectivity index (χ1) is 19.3. The molecular weight excluding hydrogens is 482 g/mol. The van der Waals surface area contributed by atoms with Crippen molar-refractivity contribution in [1.29, 1.82) is 0 Å². The van der Waals surface area contributed by atoms with Crippen molar-refractivity contribution in [3.05, 3.63) is 128 Å². The minimum Gasteiger partial charge on any atom is -0.456 e. The van der Waals surface area contributed by atoms with Crippen molar-refractivity contribution in [2.45, 2.75) is 0 Å². The van der Waals surface area contributed by atoms with Crippen LogP contribution in [0.5, 0.6) is 0 Å². The van der Waals surface area contributed by atoms with E-state index in [9.17, 15) is 0 Å². The van der Waals surface area contributed by atoms with Crippen LogP contribution >= 0.6 is 0 Å². The van der Waals surface area contributed by atoms with Gasteiger partial charge in [-0.1, -0.05) is 42.5 Å². The number of furan rings is 2. The van der Waals surface area contributed by atoms with Gasteiger partial charge in [-0.25, -0.2) is 0 Å². The number of hydrogen-bond donors (Lipinski definition) is 0. The summed E-state index contributed by atoms with van der Waals surface area (Å²) in [4.78, 5) is 11.0. The Labute approximate surface area is 223 Å². The molecule has 8 rings (SSSR count). The van der Waals surface area contributed by atoms with Crippen LogP contribution in [0.4, 0.5) is 17.1 Å². The van der Waals surface area contributed by atoms with E-state index >= 15 is 0 Å². The van der Waals surface area contributed by atoms with Gasteiger partial charge in [-0.15, -0.1) is 0 Å². The molecule has 0 spiro atoms. The molecule has 8 aromatic rings. The molecule has 4 heterocycles. The Morgan fingerprint density at radius 1 is 0.436 bits per heavy atom. The molecule has 0 aliphatic heterocycles. The summed E-state index contributed by atoms with van der Waals surface area (Å²) in [6.07, 6.45) is 7.24. The van der Waals surface area contributed by atoms with Crippen LogP contribution in [0, 0.1) is 0 Å². The molecule has 0 radical (unpaired) electrons. The summed E-state index contributed by atoms with van der Waals surface area (Å²) in [5.74, 6) is 0. The molecule has 4 aromatic carbocycles. The van der Waals surface area contributed by atoms with Crippen LogP contribution in [0.2, 0.25) is 0 Å². The molecule has 0 unspecified atom stereocenters. The fourth-order valence-corrected chi connectivity index (χ4v) is 5.40. The van der Waals surface area contributed by atoms with Gasteiger partial charge < -0.3 is 13.7 Å². The summed E-state index contributed by atoms with van der Waals surface area (Å²) in [5.41, 5.74) is 8.73. The van der Waals surface area contributed by atoms with Gasteiger partial charge in [0.05, 0.1) is 0 Å². The second-order valence-electron chi connectivity index (χ2n) is 9.56. The Bertz CT molecular complexity index is 2030. The van der Waals surface area contributed by atoms with Gasteiger partial charge in [-0.05, 0) is 71.8 Å². The molecule has 0 amide bonds. The summed E-state index contributed by atoms with van der Waals surface area (Å²) in [7, 11) is 0. The lowest BCUT2D eigenvalue weighted by Crippen LogP contribution is -2.10. The number of anilines is 3. The lowest BCUT2D eigenvalue weighted by Gasteiger charge is -2.26. The Kier molecular flexibility index (Phi) is 4.76. The normalized spacial score (nSPS) is 11.6. The monoisotopic (exact) mass is 503 g/mol. The maximum atomic E-state index is 6.09. The highest BCUT2D eigenvalue weighted by Crippen LogP contribution is 2.41. The number of benzene rings is 4. The zero-order valence-corrected chi connectivity index (χ0v) is 20.8. The predicted molar refractivity (Wildman–Crippen MR) is 157 cm³/mol. The van der Waals surface area contributed by atoms with Gasteiger partial charge in [0.1, 0.15) is 22.3 Å². The van der Waals surface area contributed by atoms with Gasteiger partial charge in [-0.2, -0.15) is 0 Å². The fourth-order valence-electron chi connectivity index (χ4n) is 5.40. The number of aromatic nitrogens is 2. The highest BCUT2D eigenvalue weighted by molar-refractivity contribution is 6.08. The van der Waals surface area contributed by atoms with Crippen LogP contribution in [-0.2, 0) is 0 Å². The second kappa shape index (κ2) is 8.57. The Balaban J connectivity index is 1.37. The minimum atomic E-state index is 0.827. The zero-order valence-electron chi connectivity index (χ0n) is 20.8. The van der Waals surface area contributed by atoms with E-state index in [4.69, 9.17) is 8.83 Å². The van der Waals surface area contributed by atoms with Gasteiger partial charge in [0, 0.05) is 63.4 Å². The van der Waals surface area contributed by atoms with E-state index in [-0.39, 0.29) is 0 Å². The van der Waals surface area contributed by atoms with Crippen LogP contribution in [0.1, 0.15) is 0 Å². The van der Waals surface area contributed by atoms with Gasteiger partial charge in [-0.3, -0.25) is 9.97 Å². The molecule has 0 N–H and O–H groups in total. The Morgan fingerprint density at radius 3 is 1.59 bits per heavy atom. The molecule has 4 aromatic heterocycles. The molecule has 39 heavy (non-hydrogen) atoms. The van der Waals surface area contributed by atoms with Crippen LogP contribution in [0.3, 0.4) is 0 Å². The summed E-state index contributed by atoms with van der Waals surface area (Å²) in [5, 5.41) is 4.04. The molecule has 0 fully saturated rings. The molecule has 0 saturated carbocycles. The second-order valence-corrected chi connectivity index (χ2v) is 9.56. The topological polar surface area (TPSA) is 55.3 Å². The van der Waals surface area contributed by atoms with Gasteiger partial charge in [0.25, 0.3) is 0 Å². The molecule has 5 nitrogen and oxygen atoms in total. The van der Waals surface area contributed by atoms with Crippen LogP contribution < -0.4 is 4.90 Å². The standard InChI is InChI=1S/C34H21N3O2/c1-2-5-22(6-3-1)23-7-4-8-24(17-23)37(25-9-11-31-27(18-25)29-20-35-15-13-33(29)38-31)26-10-12-32-28(19-26)30-21-36-16-14-34(30)39-32/h1-21H. The van der Waals surface area contributed by atoms with E-state index in [1.54, 1.807) is 12.4 Å². The highest BCUT2D eigenvalue weighted by atomic mass is 16.3. The zero-order chi connectivity index (χ0) is 25.8. The van der Waals surface area contributed by atoms with E-state index in [2.05, 4.69) is 87.7 Å². The van der Waals surface area contributed by atoms with E-state index in [0.29, 0.717) is 0 Å². The average molecular weight is 504 g/mol. The van der Waals surface area contributed by atoms with Gasteiger partial charge in [0.2, 0.25) is 0 Å². The molecule has 5 heteroatoms. The van der Waals surface area contributed by atoms with Gasteiger partial charge in [0.15, 0.2) is 0 Å². The third kappa shape index (κ3) is 3.55. The van der Waals surface area contributed by atoms with E-state index in [1.807, 2.05) is 42.7 Å². The van der Waals surface area contributed by atoms with E-state index < -0.39 is 0 Å². The summed E-state index contributed by atoms with van der Waals surface area (Å²) >= 11 is 0. The first-order valence-corrected chi connectivity index (χ1v) is 12.8. The van der Waals surface area contributed by atoms with Crippen molar-refractivity contribution in [3.63, 3.8) is 0 Å². The predicted octanol–water partition coefficient (Wildman–Crippen LogP) is 9.41. The van der Waals surface area contributed by atoms with Crippen LogP contribution in [0.25, 0.3) is 55.0 Å². The molecule has 0 aliphatic rings. The summed E-state index contributed by atoms with van der Waals surface area (Å²) < 4.78 is 12.2. The third-order valence-corrected chi connectivity index (χ3v) is 7.24. The molecule has 0 aliphatic carbocycles. The molecule has 0 saturated heterocycles. The van der Waals surface area contributed by atoms with Crippen molar-refractivity contribution in [2.24, 2.45) is 0 Å². The molecule has 0 atom stereocenters. The average Bonchev–Trinajstić information content (AvgIpc) is 3.56. The smallest absolute Gasteiger partial charge is 0.138 e. The minimum absolute atomic E-state index is 0.827. The van der Waals surface area contributed by atoms with E-state index in [1.165, 1.54) is 5.56 Å². The first kappa shape index (κ1) is 21.6. The van der Waals surface area contributed by atoms with Gasteiger partial charge >= 0.3 is 0 Å². The third-order valence-electron chi connectivity index (χ3n) is 7.24. The number of hydrogen-bond acceptors (Lipinski definition) is 5. The molecule has 0 bridgehead atoms. The highest BCUT2D eigenvalue weighted by Gasteiger charge is 2.18. The van der Waals surface area contributed by atoms with Crippen molar-refractivity contribution >= 4 is 60.9 Å². The number of fused-ring (bicyclic) bond motifs is 6. The maximum Gasteiger partial charge on any atom is 0.138 e. The van der Waals surface area contributed by atoms with E-state index in [0.717, 1.165) is 66.5 Å². The Morgan fingerprint density at radius 2 is 0.974 bits per heavy atom. The summed E-state index contributed by atoms with van der Waals surface area (Å²) in [6.45, 7) is 0. The lowest BCUT2D eigenvalue weighted by atomic mass is 10.0. The van der Waals surface area contributed by atoms with Crippen LogP contribution in [0.15, 0.2) is 137 Å². The van der Waals surface area contributed by atoms with Crippen molar-refractivity contribution in [3.8, 4) is 11.1 Å². The summed E-state index contributed by atoms with van der Waals surface area (Å²) in [6, 6.07) is 35.5. The van der Waals surface area contributed by atoms with Crippen molar-refractivity contribution in [2.75, 3.05) is 4.90 Å². The lowest BCUT2D eigenvalue weighted by molar-refractivity contribution is 0.668. The Hall–Kier alpha value is -5.42. The number of rotatable bonds is 4. The molecular formula is C34H21N3O2. The van der Waals surface area contributed by atoms with Crippen LogP contribution in [-0.4, -0.2) is 9.97 Å². The van der Waals surface area contributed by atoms with Crippen molar-refractivity contribution < 1.29 is 8.83 Å². The largest absolute Gasteiger partial charge is 0.456 e. The van der Waals surface area contributed by atoms with Crippen molar-refractivity contribution in [1.82, 2.24) is 9.97 Å². The fraction of sp³-hybridized carbons (Fsp3) is 0. The number of pyridine rings is 2. The molecule has 184 valence electrons. The quantitative estimate of drug-likeness (QED) is 0.239. The first-order valence-electron chi connectivity index (χ1n) is 12.8. The SMILES string of the molecule is c1ccc(-c2cccc(N(c3ccc4oc5ccncc5c4c3)c3ccc4oc5ccncc5c4c3)c2)cc1. The number of nitrogens with zero attached hydrogens (tertiary/aromatic N) is 3. The maximum absolute atomic E-state index is 6.09.